The number of aryl methyl sites for hydroxylation is 1. The molecule has 0 bridgehead atoms. The lowest BCUT2D eigenvalue weighted by Crippen LogP contribution is -2.34. The van der Waals surface area contributed by atoms with E-state index in [2.05, 4.69) is 10.6 Å². The molecular weight excluding hydrogens is 271 g/mol. The van der Waals surface area contributed by atoms with Crippen LogP contribution < -0.4 is 10.6 Å². The first kappa shape index (κ1) is 14.7. The van der Waals surface area contributed by atoms with Gasteiger partial charge in [-0.15, -0.1) is 0 Å². The third-order valence-corrected chi connectivity index (χ3v) is 2.93. The van der Waals surface area contributed by atoms with E-state index in [1.807, 2.05) is 30.3 Å². The monoisotopic (exact) mass is 286 g/mol. The van der Waals surface area contributed by atoms with E-state index in [1.54, 1.807) is 13.0 Å². The summed E-state index contributed by atoms with van der Waals surface area (Å²) in [6, 6.07) is 13.5. The van der Waals surface area contributed by atoms with Gasteiger partial charge in [0.25, 0.3) is 0 Å². The molecule has 4 nitrogen and oxygen atoms in total. The van der Waals surface area contributed by atoms with Crippen molar-refractivity contribution in [1.29, 1.82) is 0 Å². The van der Waals surface area contributed by atoms with Crippen molar-refractivity contribution in [2.75, 3.05) is 5.32 Å². The van der Waals surface area contributed by atoms with Crippen molar-refractivity contribution in [1.82, 2.24) is 5.32 Å². The highest BCUT2D eigenvalue weighted by atomic mass is 19.1. The molecule has 2 amide bonds. The van der Waals surface area contributed by atoms with Crippen molar-refractivity contribution in [3.05, 3.63) is 65.5 Å². The van der Waals surface area contributed by atoms with E-state index in [0.29, 0.717) is 5.56 Å². The van der Waals surface area contributed by atoms with Crippen LogP contribution in [0.1, 0.15) is 11.1 Å². The number of anilines is 1. The van der Waals surface area contributed by atoms with Gasteiger partial charge in [0.2, 0.25) is 0 Å². The Hall–Kier alpha value is -2.69. The summed E-state index contributed by atoms with van der Waals surface area (Å²) in [5, 5.41) is 4.86. The van der Waals surface area contributed by atoms with Crippen LogP contribution in [0.3, 0.4) is 0 Å². The number of halogens is 1. The summed E-state index contributed by atoms with van der Waals surface area (Å²) < 4.78 is 13.3. The van der Waals surface area contributed by atoms with Gasteiger partial charge in [0.1, 0.15) is 5.82 Å². The molecule has 21 heavy (non-hydrogen) atoms. The molecule has 0 saturated heterocycles. The zero-order chi connectivity index (χ0) is 15.2. The van der Waals surface area contributed by atoms with Crippen LogP contribution in [0.15, 0.2) is 48.5 Å². The highest BCUT2D eigenvalue weighted by molar-refractivity contribution is 6.39. The first-order valence-electron chi connectivity index (χ1n) is 6.45. The normalized spacial score (nSPS) is 10.0. The summed E-state index contributed by atoms with van der Waals surface area (Å²) >= 11 is 0. The smallest absolute Gasteiger partial charge is 0.313 e. The largest absolute Gasteiger partial charge is 0.344 e. The molecule has 2 rings (SSSR count). The molecule has 0 spiro atoms. The van der Waals surface area contributed by atoms with Gasteiger partial charge in [-0.1, -0.05) is 36.4 Å². The predicted octanol–water partition coefficient (Wildman–Crippen LogP) is 2.39. The number of carbonyl (C=O) groups excluding carboxylic acids is 2. The van der Waals surface area contributed by atoms with Crippen LogP contribution in [0.5, 0.6) is 0 Å². The van der Waals surface area contributed by atoms with Gasteiger partial charge < -0.3 is 10.6 Å². The molecule has 108 valence electrons. The van der Waals surface area contributed by atoms with Crippen LogP contribution >= 0.6 is 0 Å². The molecule has 2 aromatic rings. The lowest BCUT2D eigenvalue weighted by molar-refractivity contribution is -0.136. The topological polar surface area (TPSA) is 58.2 Å². The summed E-state index contributed by atoms with van der Waals surface area (Å²) in [4.78, 5) is 23.3. The number of rotatable bonds is 3. The molecule has 0 aliphatic carbocycles. The highest BCUT2D eigenvalue weighted by Gasteiger charge is 2.13. The fraction of sp³-hybridized carbons (Fsp3) is 0.125. The second-order valence-electron chi connectivity index (χ2n) is 4.59. The molecule has 5 heteroatoms. The maximum absolute atomic E-state index is 13.3. The molecule has 0 heterocycles. The Balaban J connectivity index is 1.90. The van der Waals surface area contributed by atoms with Gasteiger partial charge in [0, 0.05) is 12.2 Å². The quantitative estimate of drug-likeness (QED) is 0.851. The minimum atomic E-state index is -0.825. The summed E-state index contributed by atoms with van der Waals surface area (Å²) in [7, 11) is 0. The second kappa shape index (κ2) is 6.65. The zero-order valence-electron chi connectivity index (χ0n) is 11.5. The Morgan fingerprint density at radius 2 is 1.76 bits per heavy atom. The molecular formula is C16H15FN2O2. The average Bonchev–Trinajstić information content (AvgIpc) is 2.49. The molecule has 0 radical (unpaired) electrons. The second-order valence-corrected chi connectivity index (χ2v) is 4.59. The van der Waals surface area contributed by atoms with Crippen LogP contribution in [0.4, 0.5) is 10.1 Å². The molecule has 0 saturated carbocycles. The van der Waals surface area contributed by atoms with Crippen LogP contribution in [-0.4, -0.2) is 11.8 Å². The Morgan fingerprint density at radius 1 is 1.05 bits per heavy atom. The molecule has 0 fully saturated rings. The Labute approximate surface area is 122 Å². The summed E-state index contributed by atoms with van der Waals surface area (Å²) in [6.07, 6.45) is 0. The minimum absolute atomic E-state index is 0.248. The maximum atomic E-state index is 13.3. The summed E-state index contributed by atoms with van der Waals surface area (Å²) in [5.74, 6) is -2.02. The van der Waals surface area contributed by atoms with E-state index in [4.69, 9.17) is 0 Å². The van der Waals surface area contributed by atoms with Crippen LogP contribution in [0.2, 0.25) is 0 Å². The number of nitrogens with one attached hydrogen (secondary N) is 2. The number of hydrogen-bond acceptors (Lipinski definition) is 2. The van der Waals surface area contributed by atoms with E-state index in [-0.39, 0.29) is 12.2 Å². The third kappa shape index (κ3) is 4.14. The van der Waals surface area contributed by atoms with Crippen molar-refractivity contribution >= 4 is 17.5 Å². The molecule has 2 N–H and O–H groups in total. The van der Waals surface area contributed by atoms with Gasteiger partial charge in [-0.25, -0.2) is 4.39 Å². The maximum Gasteiger partial charge on any atom is 0.313 e. The molecule has 0 aliphatic heterocycles. The Morgan fingerprint density at radius 3 is 2.43 bits per heavy atom. The Kier molecular flexibility index (Phi) is 4.66. The van der Waals surface area contributed by atoms with Crippen molar-refractivity contribution in [2.24, 2.45) is 0 Å². The molecule has 0 aromatic heterocycles. The van der Waals surface area contributed by atoms with Gasteiger partial charge in [-0.3, -0.25) is 9.59 Å². The fourth-order valence-electron chi connectivity index (χ4n) is 1.72. The van der Waals surface area contributed by atoms with E-state index >= 15 is 0 Å². The van der Waals surface area contributed by atoms with E-state index < -0.39 is 17.6 Å². The number of carbonyl (C=O) groups is 2. The lowest BCUT2D eigenvalue weighted by Gasteiger charge is -2.07. The van der Waals surface area contributed by atoms with Gasteiger partial charge >= 0.3 is 11.8 Å². The van der Waals surface area contributed by atoms with Crippen LogP contribution in [0, 0.1) is 12.7 Å². The summed E-state index contributed by atoms with van der Waals surface area (Å²) in [6.45, 7) is 1.88. The molecule has 0 aliphatic rings. The van der Waals surface area contributed by atoms with Crippen molar-refractivity contribution < 1.29 is 14.0 Å². The fourth-order valence-corrected chi connectivity index (χ4v) is 1.72. The van der Waals surface area contributed by atoms with Crippen molar-refractivity contribution in [3.63, 3.8) is 0 Å². The first-order valence-corrected chi connectivity index (χ1v) is 6.45. The van der Waals surface area contributed by atoms with Crippen molar-refractivity contribution in [3.8, 4) is 0 Å². The van der Waals surface area contributed by atoms with Gasteiger partial charge in [-0.05, 0) is 30.2 Å². The minimum Gasteiger partial charge on any atom is -0.344 e. The van der Waals surface area contributed by atoms with Gasteiger partial charge in [0.15, 0.2) is 0 Å². The van der Waals surface area contributed by atoms with E-state index in [0.717, 1.165) is 5.56 Å². The van der Waals surface area contributed by atoms with Crippen LogP contribution in [-0.2, 0) is 16.1 Å². The standard InChI is InChI=1S/C16H15FN2O2/c1-11-7-8-13(9-14(11)17)19-16(21)15(20)18-10-12-5-3-2-4-6-12/h2-9H,10H2,1H3,(H,18,20)(H,19,21). The van der Waals surface area contributed by atoms with E-state index in [9.17, 15) is 14.0 Å². The number of hydrogen-bond donors (Lipinski definition) is 2. The molecule has 0 atom stereocenters. The Bertz CT molecular complexity index is 657. The first-order chi connectivity index (χ1) is 10.1. The van der Waals surface area contributed by atoms with Crippen LogP contribution in [0.25, 0.3) is 0 Å². The van der Waals surface area contributed by atoms with Gasteiger partial charge in [0.05, 0.1) is 0 Å². The van der Waals surface area contributed by atoms with Crippen molar-refractivity contribution in [2.45, 2.75) is 13.5 Å². The number of amides is 2. The average molecular weight is 286 g/mol. The molecule has 0 unspecified atom stereocenters. The van der Waals surface area contributed by atoms with Gasteiger partial charge in [-0.2, -0.15) is 0 Å². The van der Waals surface area contributed by atoms with E-state index in [1.165, 1.54) is 12.1 Å². The zero-order valence-corrected chi connectivity index (χ0v) is 11.5. The third-order valence-electron chi connectivity index (χ3n) is 2.93. The predicted molar refractivity (Wildman–Crippen MR) is 78.1 cm³/mol. The lowest BCUT2D eigenvalue weighted by atomic mass is 10.2. The number of benzene rings is 2. The summed E-state index contributed by atoms with van der Waals surface area (Å²) in [5.41, 5.74) is 1.61. The SMILES string of the molecule is Cc1ccc(NC(=O)C(=O)NCc2ccccc2)cc1F. The molecule has 2 aromatic carbocycles. The highest BCUT2D eigenvalue weighted by Crippen LogP contribution is 2.13.